The van der Waals surface area contributed by atoms with Crippen LogP contribution >= 0.6 is 28.1 Å². The lowest BCUT2D eigenvalue weighted by Crippen LogP contribution is -2.11. The van der Waals surface area contributed by atoms with Crippen molar-refractivity contribution in [1.82, 2.24) is 0 Å². The molecule has 0 saturated heterocycles. The van der Waals surface area contributed by atoms with Gasteiger partial charge in [0.15, 0.2) is 0 Å². The van der Waals surface area contributed by atoms with E-state index in [2.05, 4.69) is 15.9 Å². The Hall–Kier alpha value is -1.46. The number of thiocarbonyl (C=S) groups is 1. The second-order valence-corrected chi connectivity index (χ2v) is 5.28. The van der Waals surface area contributed by atoms with Gasteiger partial charge in [-0.25, -0.2) is 4.39 Å². The first-order valence-corrected chi connectivity index (χ1v) is 6.71. The van der Waals surface area contributed by atoms with Gasteiger partial charge in [-0.2, -0.15) is 0 Å². The first-order valence-electron chi connectivity index (χ1n) is 5.51. The van der Waals surface area contributed by atoms with E-state index in [1.807, 2.05) is 13.0 Å². The van der Waals surface area contributed by atoms with Crippen LogP contribution in [-0.2, 0) is 0 Å². The lowest BCUT2D eigenvalue weighted by Gasteiger charge is -2.13. The van der Waals surface area contributed by atoms with Gasteiger partial charge in [-0.1, -0.05) is 24.4 Å². The number of hydrogen-bond donors (Lipinski definition) is 1. The topological polar surface area (TPSA) is 35.2 Å². The van der Waals surface area contributed by atoms with Crippen molar-refractivity contribution in [3.05, 3.63) is 57.8 Å². The van der Waals surface area contributed by atoms with Crippen molar-refractivity contribution in [2.45, 2.75) is 6.92 Å². The number of nitrogens with two attached hydrogens (primary N) is 1. The zero-order chi connectivity index (χ0) is 14.0. The minimum Gasteiger partial charge on any atom is -0.456 e. The summed E-state index contributed by atoms with van der Waals surface area (Å²) in [4.78, 5) is 0.219. The van der Waals surface area contributed by atoms with Crippen molar-refractivity contribution in [2.75, 3.05) is 0 Å². The molecule has 98 valence electrons. The Kier molecular flexibility index (Phi) is 4.17. The van der Waals surface area contributed by atoms with Gasteiger partial charge in [0.25, 0.3) is 0 Å². The third-order valence-corrected chi connectivity index (χ3v) is 3.46. The number of rotatable bonds is 3. The van der Waals surface area contributed by atoms with E-state index in [4.69, 9.17) is 22.7 Å². The molecule has 5 heteroatoms. The van der Waals surface area contributed by atoms with Gasteiger partial charge in [-0.3, -0.25) is 0 Å². The maximum atomic E-state index is 13.2. The van der Waals surface area contributed by atoms with Crippen molar-refractivity contribution in [3.63, 3.8) is 0 Å². The van der Waals surface area contributed by atoms with Crippen LogP contribution in [0.2, 0.25) is 0 Å². The molecule has 0 unspecified atom stereocenters. The summed E-state index contributed by atoms with van der Waals surface area (Å²) in [7, 11) is 0. The molecular weight excluding hydrogens is 329 g/mol. The van der Waals surface area contributed by atoms with E-state index in [-0.39, 0.29) is 10.8 Å². The first-order chi connectivity index (χ1) is 8.99. The molecule has 0 aliphatic rings. The molecule has 0 atom stereocenters. The molecule has 2 N–H and O–H groups in total. The molecule has 0 radical (unpaired) electrons. The molecule has 0 heterocycles. The Labute approximate surface area is 124 Å². The largest absolute Gasteiger partial charge is 0.456 e. The molecule has 0 amide bonds. The van der Waals surface area contributed by atoms with Gasteiger partial charge in [-0.15, -0.1) is 0 Å². The minimum atomic E-state index is -0.354. The van der Waals surface area contributed by atoms with E-state index in [1.165, 1.54) is 12.1 Å². The van der Waals surface area contributed by atoms with Crippen LogP contribution in [0.4, 0.5) is 4.39 Å². The highest BCUT2D eigenvalue weighted by Crippen LogP contribution is 2.32. The minimum absolute atomic E-state index is 0.219. The average Bonchev–Trinajstić information content (AvgIpc) is 2.33. The predicted molar refractivity (Wildman–Crippen MR) is 81.2 cm³/mol. The lowest BCUT2D eigenvalue weighted by molar-refractivity contribution is 0.471. The summed E-state index contributed by atoms with van der Waals surface area (Å²) in [5, 5.41) is 0. The van der Waals surface area contributed by atoms with Crippen molar-refractivity contribution < 1.29 is 9.13 Å². The van der Waals surface area contributed by atoms with E-state index in [0.29, 0.717) is 17.1 Å². The van der Waals surface area contributed by atoms with Gasteiger partial charge in [-0.05, 0) is 46.6 Å². The average molecular weight is 340 g/mol. The number of benzene rings is 2. The molecule has 19 heavy (non-hydrogen) atoms. The van der Waals surface area contributed by atoms with Crippen LogP contribution in [0.5, 0.6) is 11.5 Å². The van der Waals surface area contributed by atoms with Crippen LogP contribution in [0, 0.1) is 12.7 Å². The molecular formula is C14H11BrFNOS. The fraction of sp³-hybridized carbons (Fsp3) is 0.0714. The molecule has 2 nitrogen and oxygen atoms in total. The van der Waals surface area contributed by atoms with Crippen molar-refractivity contribution in [2.24, 2.45) is 5.73 Å². The number of ether oxygens (including phenoxy) is 1. The SMILES string of the molecule is Cc1ccc(F)cc1Oc1cccc(Br)c1C(N)=S. The second kappa shape index (κ2) is 5.67. The zero-order valence-corrected chi connectivity index (χ0v) is 12.5. The standard InChI is InChI=1S/C14H11BrFNOS/c1-8-5-6-9(16)7-12(8)18-11-4-2-3-10(15)13(11)14(17)19/h2-7H,1H3,(H2,17,19). The Bertz CT molecular complexity index is 645. The van der Waals surface area contributed by atoms with E-state index < -0.39 is 0 Å². The molecule has 0 saturated carbocycles. The van der Waals surface area contributed by atoms with Crippen molar-refractivity contribution in [1.29, 1.82) is 0 Å². The van der Waals surface area contributed by atoms with Crippen LogP contribution in [-0.4, -0.2) is 4.99 Å². The van der Waals surface area contributed by atoms with Gasteiger partial charge in [0, 0.05) is 10.5 Å². The van der Waals surface area contributed by atoms with Crippen LogP contribution in [0.3, 0.4) is 0 Å². The molecule has 0 spiro atoms. The van der Waals surface area contributed by atoms with Gasteiger partial charge in [0.05, 0.1) is 5.56 Å². The summed E-state index contributed by atoms with van der Waals surface area (Å²) < 4.78 is 19.7. The van der Waals surface area contributed by atoms with E-state index in [9.17, 15) is 4.39 Å². The molecule has 0 fully saturated rings. The van der Waals surface area contributed by atoms with Crippen LogP contribution in [0.15, 0.2) is 40.9 Å². The third kappa shape index (κ3) is 3.11. The monoisotopic (exact) mass is 339 g/mol. The fourth-order valence-electron chi connectivity index (χ4n) is 1.63. The number of aryl methyl sites for hydroxylation is 1. The highest BCUT2D eigenvalue weighted by Gasteiger charge is 2.12. The maximum Gasteiger partial charge on any atom is 0.138 e. The fourth-order valence-corrected chi connectivity index (χ4v) is 2.53. The van der Waals surface area contributed by atoms with E-state index >= 15 is 0 Å². The second-order valence-electron chi connectivity index (χ2n) is 3.99. The molecule has 2 rings (SSSR count). The van der Waals surface area contributed by atoms with Crippen LogP contribution in [0.25, 0.3) is 0 Å². The van der Waals surface area contributed by atoms with E-state index in [0.717, 1.165) is 10.0 Å². The third-order valence-electron chi connectivity index (χ3n) is 2.59. The molecule has 0 aliphatic carbocycles. The van der Waals surface area contributed by atoms with Crippen LogP contribution in [0.1, 0.15) is 11.1 Å². The lowest BCUT2D eigenvalue weighted by atomic mass is 10.2. The smallest absolute Gasteiger partial charge is 0.138 e. The highest BCUT2D eigenvalue weighted by molar-refractivity contribution is 9.10. The molecule has 0 aromatic heterocycles. The quantitative estimate of drug-likeness (QED) is 0.845. The van der Waals surface area contributed by atoms with Gasteiger partial charge in [0.1, 0.15) is 22.3 Å². The predicted octanol–water partition coefficient (Wildman–Crippen LogP) is 4.32. The number of halogens is 2. The molecule has 2 aromatic rings. The summed E-state index contributed by atoms with van der Waals surface area (Å²) in [5.41, 5.74) is 7.11. The van der Waals surface area contributed by atoms with Gasteiger partial charge in [0.2, 0.25) is 0 Å². The Morgan fingerprint density at radius 2 is 2.00 bits per heavy atom. The molecule has 0 bridgehead atoms. The number of hydrogen-bond acceptors (Lipinski definition) is 2. The zero-order valence-electron chi connectivity index (χ0n) is 10.1. The van der Waals surface area contributed by atoms with E-state index in [1.54, 1.807) is 18.2 Å². The summed E-state index contributed by atoms with van der Waals surface area (Å²) in [6, 6.07) is 9.74. The van der Waals surface area contributed by atoms with Gasteiger partial charge >= 0.3 is 0 Å². The van der Waals surface area contributed by atoms with Crippen molar-refractivity contribution >= 4 is 33.1 Å². The Morgan fingerprint density at radius 1 is 1.26 bits per heavy atom. The summed E-state index contributed by atoms with van der Waals surface area (Å²) in [5.74, 6) is 0.582. The molecule has 0 aliphatic heterocycles. The Balaban J connectivity index is 2.46. The van der Waals surface area contributed by atoms with Crippen molar-refractivity contribution in [3.8, 4) is 11.5 Å². The highest BCUT2D eigenvalue weighted by atomic mass is 79.9. The summed E-state index contributed by atoms with van der Waals surface area (Å²) in [6.07, 6.45) is 0. The van der Waals surface area contributed by atoms with Crippen LogP contribution < -0.4 is 10.5 Å². The molecule has 2 aromatic carbocycles. The summed E-state index contributed by atoms with van der Waals surface area (Å²) in [6.45, 7) is 1.84. The summed E-state index contributed by atoms with van der Waals surface area (Å²) >= 11 is 8.38. The van der Waals surface area contributed by atoms with Gasteiger partial charge < -0.3 is 10.5 Å². The maximum absolute atomic E-state index is 13.2. The first kappa shape index (κ1) is 14.0. The Morgan fingerprint density at radius 3 is 2.68 bits per heavy atom. The normalized spacial score (nSPS) is 10.3.